The molecule has 4 nitrogen and oxygen atoms in total. The van der Waals surface area contributed by atoms with Crippen LogP contribution < -0.4 is 5.32 Å². The molecule has 2 aliphatic rings. The maximum atomic E-state index is 5.76. The maximum Gasteiger partial charge on any atom is 0.0576 e. The fourth-order valence-electron chi connectivity index (χ4n) is 3.51. The molecule has 0 amide bonds. The Kier molecular flexibility index (Phi) is 6.07. The van der Waals surface area contributed by atoms with Crippen LogP contribution in [0.3, 0.4) is 0 Å². The molecule has 19 heavy (non-hydrogen) atoms. The van der Waals surface area contributed by atoms with E-state index in [0.717, 1.165) is 6.61 Å². The Morgan fingerprint density at radius 1 is 1.26 bits per heavy atom. The second kappa shape index (κ2) is 7.58. The minimum atomic E-state index is 0.518. The summed E-state index contributed by atoms with van der Waals surface area (Å²) in [5.74, 6) is 0. The largest absolute Gasteiger partial charge is 0.378 e. The van der Waals surface area contributed by atoms with Crippen LogP contribution in [-0.2, 0) is 4.74 Å². The molecule has 0 aromatic carbocycles. The van der Waals surface area contributed by atoms with Crippen LogP contribution >= 0.6 is 0 Å². The number of nitrogens with zero attached hydrogens (tertiary/aromatic N) is 2. The molecular weight excluding hydrogens is 238 g/mol. The van der Waals surface area contributed by atoms with E-state index in [4.69, 9.17) is 4.74 Å². The van der Waals surface area contributed by atoms with Gasteiger partial charge in [0.2, 0.25) is 0 Å². The summed E-state index contributed by atoms with van der Waals surface area (Å²) in [5.41, 5.74) is 0. The van der Waals surface area contributed by atoms with E-state index in [1.54, 1.807) is 0 Å². The van der Waals surface area contributed by atoms with E-state index < -0.39 is 0 Å². The Morgan fingerprint density at radius 2 is 2.11 bits per heavy atom. The highest BCUT2D eigenvalue weighted by Crippen LogP contribution is 2.20. The molecular formula is C15H31N3O. The van der Waals surface area contributed by atoms with Crippen molar-refractivity contribution in [3.8, 4) is 0 Å². The molecule has 0 spiro atoms. The van der Waals surface area contributed by atoms with Crippen molar-refractivity contribution < 1.29 is 4.74 Å². The number of likely N-dealkylation sites (N-methyl/N-ethyl adjacent to an activating group) is 3. The zero-order chi connectivity index (χ0) is 13.7. The van der Waals surface area contributed by atoms with Gasteiger partial charge in [0.15, 0.2) is 0 Å². The van der Waals surface area contributed by atoms with Crippen LogP contribution in [0, 0.1) is 0 Å². The second-order valence-electron chi connectivity index (χ2n) is 6.27. The van der Waals surface area contributed by atoms with Gasteiger partial charge in [0, 0.05) is 25.2 Å². The van der Waals surface area contributed by atoms with Gasteiger partial charge in [-0.1, -0.05) is 0 Å². The third kappa shape index (κ3) is 4.42. The van der Waals surface area contributed by atoms with E-state index in [1.165, 1.54) is 51.7 Å². The lowest BCUT2D eigenvalue weighted by atomic mass is 9.98. The Balaban J connectivity index is 1.86. The lowest BCUT2D eigenvalue weighted by Crippen LogP contribution is -2.51. The van der Waals surface area contributed by atoms with Crippen LogP contribution in [0.2, 0.25) is 0 Å². The summed E-state index contributed by atoms with van der Waals surface area (Å²) in [7, 11) is 6.64. The molecule has 1 N–H and O–H groups in total. The summed E-state index contributed by atoms with van der Waals surface area (Å²) in [6, 6.07) is 1.20. The first-order valence-electron chi connectivity index (χ1n) is 7.88. The molecule has 2 aliphatic heterocycles. The van der Waals surface area contributed by atoms with E-state index in [9.17, 15) is 0 Å². The van der Waals surface area contributed by atoms with Crippen LogP contribution in [0.5, 0.6) is 0 Å². The van der Waals surface area contributed by atoms with E-state index in [0.29, 0.717) is 18.2 Å². The van der Waals surface area contributed by atoms with E-state index in [1.807, 2.05) is 0 Å². The molecule has 0 aromatic rings. The minimum Gasteiger partial charge on any atom is -0.378 e. The van der Waals surface area contributed by atoms with Crippen molar-refractivity contribution in [2.24, 2.45) is 0 Å². The molecule has 3 atom stereocenters. The zero-order valence-electron chi connectivity index (χ0n) is 12.9. The van der Waals surface area contributed by atoms with Crippen LogP contribution in [0.25, 0.3) is 0 Å². The predicted molar refractivity (Wildman–Crippen MR) is 79.6 cm³/mol. The van der Waals surface area contributed by atoms with Crippen molar-refractivity contribution in [1.29, 1.82) is 0 Å². The highest BCUT2D eigenvalue weighted by Gasteiger charge is 2.28. The molecule has 2 heterocycles. The number of hydrogen-bond acceptors (Lipinski definition) is 4. The highest BCUT2D eigenvalue weighted by molar-refractivity contribution is 4.87. The number of ether oxygens (including phenoxy) is 1. The van der Waals surface area contributed by atoms with Gasteiger partial charge in [-0.25, -0.2) is 0 Å². The summed E-state index contributed by atoms with van der Waals surface area (Å²) >= 11 is 0. The second-order valence-corrected chi connectivity index (χ2v) is 6.27. The Bertz CT molecular complexity index is 256. The monoisotopic (exact) mass is 269 g/mol. The molecule has 0 saturated carbocycles. The highest BCUT2D eigenvalue weighted by atomic mass is 16.5. The molecule has 2 fully saturated rings. The Hall–Kier alpha value is -0.160. The topological polar surface area (TPSA) is 27.7 Å². The Morgan fingerprint density at radius 3 is 2.79 bits per heavy atom. The average molecular weight is 269 g/mol. The lowest BCUT2D eigenvalue weighted by molar-refractivity contribution is 0.0928. The third-order valence-electron chi connectivity index (χ3n) is 4.77. The molecule has 0 aromatic heterocycles. The average Bonchev–Trinajstić information content (AvgIpc) is 2.85. The number of nitrogens with one attached hydrogen (secondary N) is 1. The number of hydrogen-bond donors (Lipinski definition) is 1. The first kappa shape index (κ1) is 15.2. The van der Waals surface area contributed by atoms with Gasteiger partial charge in [-0.3, -0.25) is 0 Å². The van der Waals surface area contributed by atoms with Crippen LogP contribution in [0.15, 0.2) is 0 Å². The smallest absolute Gasteiger partial charge is 0.0576 e. The normalized spacial score (nSPS) is 32.4. The van der Waals surface area contributed by atoms with Gasteiger partial charge in [-0.2, -0.15) is 0 Å². The molecule has 0 radical (unpaired) electrons. The maximum absolute atomic E-state index is 5.76. The standard InChI is InChI=1S/C15H31N3O/c1-16-14(8-7-13-6-4-11-19-13)15-12-17(2)9-5-10-18(15)3/h13-16H,4-12H2,1-3H3. The quantitative estimate of drug-likeness (QED) is 0.811. The fraction of sp³-hybridized carbons (Fsp3) is 1.00. The van der Waals surface area contributed by atoms with Crippen molar-refractivity contribution in [1.82, 2.24) is 15.1 Å². The summed E-state index contributed by atoms with van der Waals surface area (Å²) in [5, 5.41) is 3.55. The van der Waals surface area contributed by atoms with Gasteiger partial charge in [0.05, 0.1) is 6.10 Å². The summed E-state index contributed by atoms with van der Waals surface area (Å²) in [6.45, 7) is 4.59. The zero-order valence-corrected chi connectivity index (χ0v) is 12.9. The van der Waals surface area contributed by atoms with Crippen molar-refractivity contribution in [2.75, 3.05) is 47.4 Å². The summed E-state index contributed by atoms with van der Waals surface area (Å²) in [4.78, 5) is 5.02. The lowest BCUT2D eigenvalue weighted by Gasteiger charge is -2.35. The van der Waals surface area contributed by atoms with Crippen molar-refractivity contribution in [3.63, 3.8) is 0 Å². The van der Waals surface area contributed by atoms with E-state index >= 15 is 0 Å². The SMILES string of the molecule is CNC(CCC1CCCO1)C1CN(C)CCCN1C. The fourth-order valence-corrected chi connectivity index (χ4v) is 3.51. The molecule has 0 bridgehead atoms. The van der Waals surface area contributed by atoms with Crippen LogP contribution in [0.1, 0.15) is 32.1 Å². The Labute approximate surface area is 118 Å². The first-order valence-corrected chi connectivity index (χ1v) is 7.88. The molecule has 2 rings (SSSR count). The predicted octanol–water partition coefficient (Wildman–Crippen LogP) is 1.17. The van der Waals surface area contributed by atoms with Crippen LogP contribution in [-0.4, -0.2) is 75.4 Å². The molecule has 0 aliphatic carbocycles. The van der Waals surface area contributed by atoms with Crippen molar-refractivity contribution in [3.05, 3.63) is 0 Å². The molecule has 112 valence electrons. The van der Waals surface area contributed by atoms with E-state index in [-0.39, 0.29) is 0 Å². The van der Waals surface area contributed by atoms with Gasteiger partial charge >= 0.3 is 0 Å². The summed E-state index contributed by atoms with van der Waals surface area (Å²) < 4.78 is 5.76. The first-order chi connectivity index (χ1) is 9.20. The number of rotatable bonds is 5. The minimum absolute atomic E-state index is 0.518. The molecule has 2 saturated heterocycles. The van der Waals surface area contributed by atoms with Crippen molar-refractivity contribution >= 4 is 0 Å². The van der Waals surface area contributed by atoms with Crippen molar-refractivity contribution in [2.45, 2.75) is 50.3 Å². The molecule has 3 unspecified atom stereocenters. The van der Waals surface area contributed by atoms with Gasteiger partial charge in [-0.15, -0.1) is 0 Å². The molecule has 4 heteroatoms. The summed E-state index contributed by atoms with van der Waals surface area (Å²) in [6.07, 6.45) is 6.75. The van der Waals surface area contributed by atoms with Gasteiger partial charge in [0.25, 0.3) is 0 Å². The van der Waals surface area contributed by atoms with E-state index in [2.05, 4.69) is 36.3 Å². The van der Waals surface area contributed by atoms with Gasteiger partial charge < -0.3 is 19.9 Å². The van der Waals surface area contributed by atoms with Gasteiger partial charge in [-0.05, 0) is 66.3 Å². The third-order valence-corrected chi connectivity index (χ3v) is 4.77. The van der Waals surface area contributed by atoms with Crippen LogP contribution in [0.4, 0.5) is 0 Å². The van der Waals surface area contributed by atoms with Gasteiger partial charge in [0.1, 0.15) is 0 Å².